The Kier molecular flexibility index (Phi) is 3.70. The minimum Gasteiger partial charge on any atom is -0.377 e. The minimum atomic E-state index is -0.0728. The van der Waals surface area contributed by atoms with Gasteiger partial charge in [-0.15, -0.1) is 0 Å². The number of hydrogen-bond acceptors (Lipinski definition) is 2. The molecule has 1 unspecified atom stereocenters. The van der Waals surface area contributed by atoms with Crippen LogP contribution in [0.1, 0.15) is 13.3 Å². The van der Waals surface area contributed by atoms with Gasteiger partial charge in [-0.1, -0.05) is 6.92 Å². The third-order valence-corrected chi connectivity index (χ3v) is 2.21. The van der Waals surface area contributed by atoms with E-state index < -0.39 is 0 Å². The topological polar surface area (TPSA) is 101 Å². The lowest BCUT2D eigenvalue weighted by Crippen LogP contribution is -2.48. The van der Waals surface area contributed by atoms with Crippen LogP contribution in [0.3, 0.4) is 0 Å². The standard InChI is InChI=1S/C8H17N5O/c1-2-6-5-14-4-3-13(6)8(11)12-7(9)10/h6H,2-5H2,1H3,(H5,9,10,11,12). The zero-order chi connectivity index (χ0) is 10.6. The summed E-state index contributed by atoms with van der Waals surface area (Å²) in [6.07, 6.45) is 0.919. The lowest BCUT2D eigenvalue weighted by Gasteiger charge is -2.35. The lowest BCUT2D eigenvalue weighted by molar-refractivity contribution is 0.0243. The van der Waals surface area contributed by atoms with Crippen molar-refractivity contribution < 1.29 is 4.74 Å². The zero-order valence-electron chi connectivity index (χ0n) is 8.36. The molecule has 0 saturated carbocycles. The zero-order valence-corrected chi connectivity index (χ0v) is 8.36. The number of hydrogen-bond donors (Lipinski definition) is 3. The second-order valence-corrected chi connectivity index (χ2v) is 3.19. The Bertz CT molecular complexity index is 236. The monoisotopic (exact) mass is 199 g/mol. The van der Waals surface area contributed by atoms with Crippen molar-refractivity contribution in [1.82, 2.24) is 4.90 Å². The van der Waals surface area contributed by atoms with Crippen LogP contribution in [0, 0.1) is 5.41 Å². The van der Waals surface area contributed by atoms with Crippen molar-refractivity contribution in [3.05, 3.63) is 0 Å². The summed E-state index contributed by atoms with van der Waals surface area (Å²) >= 11 is 0. The first kappa shape index (κ1) is 10.8. The molecule has 6 heteroatoms. The van der Waals surface area contributed by atoms with Gasteiger partial charge in [-0.25, -0.2) is 0 Å². The summed E-state index contributed by atoms with van der Waals surface area (Å²) < 4.78 is 5.31. The first-order valence-electron chi connectivity index (χ1n) is 4.67. The van der Waals surface area contributed by atoms with E-state index >= 15 is 0 Å². The van der Waals surface area contributed by atoms with E-state index in [1.165, 1.54) is 0 Å². The average Bonchev–Trinajstić information content (AvgIpc) is 2.16. The second-order valence-electron chi connectivity index (χ2n) is 3.19. The molecule has 0 aromatic heterocycles. The van der Waals surface area contributed by atoms with Gasteiger partial charge in [0, 0.05) is 6.54 Å². The average molecular weight is 199 g/mol. The Balaban J connectivity index is 2.63. The summed E-state index contributed by atoms with van der Waals surface area (Å²) in [5.74, 6) is 0.0523. The summed E-state index contributed by atoms with van der Waals surface area (Å²) in [7, 11) is 0. The van der Waals surface area contributed by atoms with Crippen LogP contribution in [0.25, 0.3) is 0 Å². The number of ether oxygens (including phenoxy) is 1. The number of nitrogens with two attached hydrogens (primary N) is 2. The molecule has 1 saturated heterocycles. The molecule has 1 aliphatic rings. The van der Waals surface area contributed by atoms with Gasteiger partial charge < -0.3 is 21.1 Å². The van der Waals surface area contributed by atoms with Crippen LogP contribution in [0.4, 0.5) is 0 Å². The first-order chi connectivity index (χ1) is 6.65. The highest BCUT2D eigenvalue weighted by Crippen LogP contribution is 2.10. The van der Waals surface area contributed by atoms with Crippen molar-refractivity contribution in [2.24, 2.45) is 16.5 Å². The van der Waals surface area contributed by atoms with E-state index in [0.29, 0.717) is 19.8 Å². The largest absolute Gasteiger partial charge is 0.377 e. The van der Waals surface area contributed by atoms with Gasteiger partial charge in [-0.05, 0) is 6.42 Å². The van der Waals surface area contributed by atoms with Gasteiger partial charge in [0.2, 0.25) is 5.96 Å². The van der Waals surface area contributed by atoms with Crippen molar-refractivity contribution in [2.75, 3.05) is 19.8 Å². The molecule has 1 rings (SSSR count). The molecule has 0 amide bonds. The normalized spacial score (nSPS) is 21.8. The van der Waals surface area contributed by atoms with E-state index in [4.69, 9.17) is 21.6 Å². The van der Waals surface area contributed by atoms with Gasteiger partial charge in [0.05, 0.1) is 19.3 Å². The molecule has 1 aliphatic heterocycles. The maximum absolute atomic E-state index is 7.67. The van der Waals surface area contributed by atoms with Gasteiger partial charge in [-0.2, -0.15) is 4.99 Å². The highest BCUT2D eigenvalue weighted by Gasteiger charge is 2.23. The fourth-order valence-electron chi connectivity index (χ4n) is 1.46. The van der Waals surface area contributed by atoms with E-state index in [-0.39, 0.29) is 18.0 Å². The molecule has 6 nitrogen and oxygen atoms in total. The number of rotatable bonds is 1. The third kappa shape index (κ3) is 2.59. The predicted molar refractivity (Wildman–Crippen MR) is 55.1 cm³/mol. The van der Waals surface area contributed by atoms with E-state index in [1.54, 1.807) is 0 Å². The summed E-state index contributed by atoms with van der Waals surface area (Å²) in [6, 6.07) is 0.208. The molecular formula is C8H17N5O. The predicted octanol–water partition coefficient (Wildman–Crippen LogP) is -0.695. The van der Waals surface area contributed by atoms with E-state index in [0.717, 1.165) is 6.42 Å². The second kappa shape index (κ2) is 4.80. The van der Waals surface area contributed by atoms with Crippen LogP contribution >= 0.6 is 0 Å². The molecule has 0 radical (unpaired) electrons. The molecule has 1 heterocycles. The van der Waals surface area contributed by atoms with Crippen molar-refractivity contribution in [2.45, 2.75) is 19.4 Å². The Hall–Kier alpha value is -1.30. The van der Waals surface area contributed by atoms with Gasteiger partial charge in [0.15, 0.2) is 5.96 Å². The number of guanidine groups is 2. The molecule has 0 aromatic carbocycles. The van der Waals surface area contributed by atoms with Crippen LogP contribution in [0.2, 0.25) is 0 Å². The number of aliphatic imine (C=N–C) groups is 1. The van der Waals surface area contributed by atoms with Crippen molar-refractivity contribution in [1.29, 1.82) is 5.41 Å². The number of morpholine rings is 1. The van der Waals surface area contributed by atoms with E-state index in [2.05, 4.69) is 11.9 Å². The van der Waals surface area contributed by atoms with Crippen LogP contribution in [-0.2, 0) is 4.74 Å². The summed E-state index contributed by atoms with van der Waals surface area (Å²) in [4.78, 5) is 5.59. The Labute approximate surface area is 83.4 Å². The fraction of sp³-hybridized carbons (Fsp3) is 0.750. The van der Waals surface area contributed by atoms with Crippen molar-refractivity contribution >= 4 is 11.9 Å². The SMILES string of the molecule is CCC1COCCN1C(=N)N=C(N)N. The Morgan fingerprint density at radius 1 is 1.64 bits per heavy atom. The quantitative estimate of drug-likeness (QED) is 0.384. The maximum Gasteiger partial charge on any atom is 0.221 e. The molecule has 80 valence electrons. The molecule has 1 atom stereocenters. The highest BCUT2D eigenvalue weighted by molar-refractivity contribution is 5.91. The minimum absolute atomic E-state index is 0.0728. The van der Waals surface area contributed by atoms with Crippen LogP contribution in [-0.4, -0.2) is 42.6 Å². The maximum atomic E-state index is 7.67. The number of nitrogens with one attached hydrogen (secondary N) is 1. The van der Waals surface area contributed by atoms with Crippen LogP contribution in [0.15, 0.2) is 4.99 Å². The van der Waals surface area contributed by atoms with E-state index in [9.17, 15) is 0 Å². The van der Waals surface area contributed by atoms with Crippen LogP contribution < -0.4 is 11.5 Å². The first-order valence-corrected chi connectivity index (χ1v) is 4.67. The molecule has 0 spiro atoms. The molecule has 5 N–H and O–H groups in total. The van der Waals surface area contributed by atoms with Gasteiger partial charge in [0.1, 0.15) is 0 Å². The molecule has 1 fully saturated rings. The van der Waals surface area contributed by atoms with Gasteiger partial charge in [-0.3, -0.25) is 5.41 Å². The van der Waals surface area contributed by atoms with Gasteiger partial charge in [0.25, 0.3) is 0 Å². The highest BCUT2D eigenvalue weighted by atomic mass is 16.5. The number of nitrogens with zero attached hydrogens (tertiary/aromatic N) is 2. The third-order valence-electron chi connectivity index (χ3n) is 2.21. The van der Waals surface area contributed by atoms with Crippen molar-refractivity contribution in [3.8, 4) is 0 Å². The van der Waals surface area contributed by atoms with E-state index in [1.807, 2.05) is 4.90 Å². The Morgan fingerprint density at radius 3 is 2.93 bits per heavy atom. The van der Waals surface area contributed by atoms with Crippen molar-refractivity contribution in [3.63, 3.8) is 0 Å². The smallest absolute Gasteiger partial charge is 0.221 e. The molecule has 0 bridgehead atoms. The summed E-state index contributed by atoms with van der Waals surface area (Å²) in [5.41, 5.74) is 10.4. The molecule has 0 aliphatic carbocycles. The Morgan fingerprint density at radius 2 is 2.36 bits per heavy atom. The fourth-order valence-corrected chi connectivity index (χ4v) is 1.46. The van der Waals surface area contributed by atoms with Crippen LogP contribution in [0.5, 0.6) is 0 Å². The molecule has 14 heavy (non-hydrogen) atoms. The van der Waals surface area contributed by atoms with Gasteiger partial charge >= 0.3 is 0 Å². The summed E-state index contributed by atoms with van der Waals surface area (Å²) in [5, 5.41) is 7.67. The summed E-state index contributed by atoms with van der Waals surface area (Å²) in [6.45, 7) is 3.99. The molecular weight excluding hydrogens is 182 g/mol. The lowest BCUT2D eigenvalue weighted by atomic mass is 10.2. The molecule has 0 aromatic rings.